The largest absolute Gasteiger partial charge is 0.496 e. The Morgan fingerprint density at radius 2 is 2.12 bits per heavy atom. The fraction of sp³-hybridized carbons (Fsp3) is 0.417. The molecule has 0 amide bonds. The monoisotopic (exact) mass is 257 g/mol. The molecule has 0 aromatic heterocycles. The van der Waals surface area contributed by atoms with Crippen LogP contribution in [0, 0.1) is 5.92 Å². The Balaban J connectivity index is 0.00000144. The molecule has 1 aromatic rings. The summed E-state index contributed by atoms with van der Waals surface area (Å²) in [6.45, 7) is 1.22. The van der Waals surface area contributed by atoms with Gasteiger partial charge in [0.25, 0.3) is 0 Å². The van der Waals surface area contributed by atoms with Gasteiger partial charge < -0.3 is 15.2 Å². The van der Waals surface area contributed by atoms with Crippen LogP contribution in [0.4, 0.5) is 0 Å². The van der Waals surface area contributed by atoms with Gasteiger partial charge in [-0.15, -0.1) is 12.4 Å². The van der Waals surface area contributed by atoms with Crippen LogP contribution in [0.2, 0.25) is 0 Å². The molecule has 0 spiro atoms. The minimum atomic E-state index is -0.749. The van der Waals surface area contributed by atoms with Crippen molar-refractivity contribution < 1.29 is 14.6 Å². The van der Waals surface area contributed by atoms with Crippen molar-refractivity contribution in [1.82, 2.24) is 5.32 Å². The number of hydrogen-bond acceptors (Lipinski definition) is 3. The van der Waals surface area contributed by atoms with E-state index in [-0.39, 0.29) is 24.2 Å². The molecule has 4 nitrogen and oxygen atoms in total. The number of carboxylic acid groups (broad SMARTS) is 1. The number of rotatable bonds is 3. The summed E-state index contributed by atoms with van der Waals surface area (Å²) in [6, 6.07) is 7.61. The Hall–Kier alpha value is -1.26. The number of methoxy groups -OCH3 is 1. The summed E-state index contributed by atoms with van der Waals surface area (Å²) in [6.07, 6.45) is 0. The molecule has 0 saturated carbocycles. The number of nitrogens with one attached hydrogen (secondary N) is 1. The van der Waals surface area contributed by atoms with Gasteiger partial charge >= 0.3 is 5.97 Å². The number of aliphatic carboxylic acids is 1. The minimum absolute atomic E-state index is 0. The number of hydrogen-bond donors (Lipinski definition) is 2. The molecule has 1 aromatic carbocycles. The maximum absolute atomic E-state index is 11.1. The molecule has 1 aliphatic rings. The summed E-state index contributed by atoms with van der Waals surface area (Å²) >= 11 is 0. The van der Waals surface area contributed by atoms with E-state index in [0.29, 0.717) is 13.1 Å². The Morgan fingerprint density at radius 3 is 2.76 bits per heavy atom. The van der Waals surface area contributed by atoms with Crippen molar-refractivity contribution in [3.05, 3.63) is 29.8 Å². The van der Waals surface area contributed by atoms with E-state index in [1.165, 1.54) is 0 Å². The molecule has 1 fully saturated rings. The standard InChI is InChI=1S/C12H15NO3.ClH/c1-16-11-5-3-2-4-8(11)9-6-13-7-10(9)12(14)15;/h2-5,9-10,13H,6-7H2,1H3,(H,14,15);1H/t9-,10-;/m1./s1. The number of benzene rings is 1. The van der Waals surface area contributed by atoms with E-state index in [4.69, 9.17) is 9.84 Å². The third-order valence-corrected chi connectivity index (χ3v) is 3.07. The van der Waals surface area contributed by atoms with Crippen molar-refractivity contribution in [3.63, 3.8) is 0 Å². The van der Waals surface area contributed by atoms with Crippen molar-refractivity contribution >= 4 is 18.4 Å². The third kappa shape index (κ3) is 2.70. The second-order valence-corrected chi connectivity index (χ2v) is 3.95. The molecular weight excluding hydrogens is 242 g/mol. The van der Waals surface area contributed by atoms with Crippen LogP contribution in [0.3, 0.4) is 0 Å². The quantitative estimate of drug-likeness (QED) is 0.862. The SMILES string of the molecule is COc1ccccc1[C@H]1CNC[C@H]1C(=O)O.Cl. The van der Waals surface area contributed by atoms with Crippen molar-refractivity contribution in [1.29, 1.82) is 0 Å². The molecule has 0 radical (unpaired) electrons. The second kappa shape index (κ2) is 5.89. The van der Waals surface area contributed by atoms with Crippen molar-refractivity contribution in [3.8, 4) is 5.75 Å². The van der Waals surface area contributed by atoms with Crippen molar-refractivity contribution in [2.75, 3.05) is 20.2 Å². The fourth-order valence-corrected chi connectivity index (χ4v) is 2.24. The van der Waals surface area contributed by atoms with E-state index >= 15 is 0 Å². The van der Waals surface area contributed by atoms with Gasteiger partial charge in [-0.1, -0.05) is 18.2 Å². The Kier molecular flexibility index (Phi) is 4.78. The van der Waals surface area contributed by atoms with E-state index in [9.17, 15) is 4.79 Å². The Bertz CT molecular complexity index is 397. The van der Waals surface area contributed by atoms with E-state index < -0.39 is 5.97 Å². The minimum Gasteiger partial charge on any atom is -0.496 e. The molecule has 17 heavy (non-hydrogen) atoms. The van der Waals surface area contributed by atoms with Gasteiger partial charge in [0.05, 0.1) is 13.0 Å². The lowest BCUT2D eigenvalue weighted by Gasteiger charge is -2.17. The predicted molar refractivity (Wildman–Crippen MR) is 67.0 cm³/mol. The maximum Gasteiger partial charge on any atom is 0.308 e. The predicted octanol–water partition coefficient (Wildman–Crippen LogP) is 1.50. The molecule has 0 aliphatic carbocycles. The highest BCUT2D eigenvalue weighted by Crippen LogP contribution is 2.34. The first-order chi connectivity index (χ1) is 7.74. The van der Waals surface area contributed by atoms with Crippen LogP contribution in [-0.4, -0.2) is 31.3 Å². The van der Waals surface area contributed by atoms with Gasteiger partial charge in [0, 0.05) is 19.0 Å². The van der Waals surface area contributed by atoms with Gasteiger partial charge in [-0.05, 0) is 11.6 Å². The summed E-state index contributed by atoms with van der Waals surface area (Å²) in [5.41, 5.74) is 0.974. The topological polar surface area (TPSA) is 58.6 Å². The molecule has 0 unspecified atom stereocenters. The Morgan fingerprint density at radius 1 is 1.41 bits per heavy atom. The molecule has 1 aliphatic heterocycles. The van der Waals surface area contributed by atoms with E-state index in [1.807, 2.05) is 24.3 Å². The van der Waals surface area contributed by atoms with Gasteiger partial charge in [-0.3, -0.25) is 4.79 Å². The summed E-state index contributed by atoms with van der Waals surface area (Å²) < 4.78 is 5.27. The van der Waals surface area contributed by atoms with Crippen LogP contribution < -0.4 is 10.1 Å². The van der Waals surface area contributed by atoms with Gasteiger partial charge in [0.1, 0.15) is 5.75 Å². The normalized spacial score (nSPS) is 22.9. The van der Waals surface area contributed by atoms with Crippen molar-refractivity contribution in [2.24, 2.45) is 5.92 Å². The van der Waals surface area contributed by atoms with E-state index in [2.05, 4.69) is 5.32 Å². The Labute approximate surface area is 106 Å². The average Bonchev–Trinajstić information content (AvgIpc) is 2.77. The van der Waals surface area contributed by atoms with Gasteiger partial charge in [-0.2, -0.15) is 0 Å². The summed E-state index contributed by atoms with van der Waals surface area (Å²) in [7, 11) is 1.61. The molecule has 2 rings (SSSR count). The highest BCUT2D eigenvalue weighted by Gasteiger charge is 2.35. The molecule has 94 valence electrons. The van der Waals surface area contributed by atoms with Crippen LogP contribution in [0.5, 0.6) is 5.75 Å². The molecule has 1 saturated heterocycles. The lowest BCUT2D eigenvalue weighted by molar-refractivity contribution is -0.141. The number of carboxylic acids is 1. The molecule has 5 heteroatoms. The second-order valence-electron chi connectivity index (χ2n) is 3.95. The molecule has 1 heterocycles. The molecule has 2 atom stereocenters. The van der Waals surface area contributed by atoms with E-state index in [0.717, 1.165) is 11.3 Å². The smallest absolute Gasteiger partial charge is 0.308 e. The zero-order valence-corrected chi connectivity index (χ0v) is 10.4. The van der Waals surface area contributed by atoms with Crippen LogP contribution in [-0.2, 0) is 4.79 Å². The average molecular weight is 258 g/mol. The summed E-state index contributed by atoms with van der Waals surface area (Å²) in [5, 5.41) is 12.2. The van der Waals surface area contributed by atoms with Crippen molar-refractivity contribution in [2.45, 2.75) is 5.92 Å². The first kappa shape index (κ1) is 13.8. The van der Waals surface area contributed by atoms with Gasteiger partial charge in [0.2, 0.25) is 0 Å². The van der Waals surface area contributed by atoms with Crippen LogP contribution in [0.15, 0.2) is 24.3 Å². The van der Waals surface area contributed by atoms with Gasteiger partial charge in [-0.25, -0.2) is 0 Å². The first-order valence-corrected chi connectivity index (χ1v) is 5.30. The molecule has 2 N–H and O–H groups in total. The summed E-state index contributed by atoms with van der Waals surface area (Å²) in [4.78, 5) is 11.1. The van der Waals surface area contributed by atoms with Crippen LogP contribution >= 0.6 is 12.4 Å². The third-order valence-electron chi connectivity index (χ3n) is 3.07. The highest BCUT2D eigenvalue weighted by molar-refractivity contribution is 5.85. The zero-order valence-electron chi connectivity index (χ0n) is 9.55. The number of carbonyl (C=O) groups is 1. The number of ether oxygens (including phenoxy) is 1. The fourth-order valence-electron chi connectivity index (χ4n) is 2.24. The van der Waals surface area contributed by atoms with Gasteiger partial charge in [0.15, 0.2) is 0 Å². The maximum atomic E-state index is 11.1. The van der Waals surface area contributed by atoms with Crippen LogP contribution in [0.25, 0.3) is 0 Å². The van der Waals surface area contributed by atoms with Crippen LogP contribution in [0.1, 0.15) is 11.5 Å². The number of para-hydroxylation sites is 1. The molecule has 0 bridgehead atoms. The highest BCUT2D eigenvalue weighted by atomic mass is 35.5. The number of halogens is 1. The lowest BCUT2D eigenvalue weighted by Crippen LogP contribution is -2.21. The summed E-state index contributed by atoms with van der Waals surface area (Å²) in [5.74, 6) is -0.353. The lowest BCUT2D eigenvalue weighted by atomic mass is 9.88. The van der Waals surface area contributed by atoms with E-state index in [1.54, 1.807) is 7.11 Å². The molecular formula is C12H16ClNO3. The zero-order chi connectivity index (χ0) is 11.5. The first-order valence-electron chi connectivity index (χ1n) is 5.30.